The molecule has 2 unspecified atom stereocenters. The highest BCUT2D eigenvalue weighted by Crippen LogP contribution is 2.47. The predicted octanol–water partition coefficient (Wildman–Crippen LogP) is 4.92. The van der Waals surface area contributed by atoms with Gasteiger partial charge in [-0.3, -0.25) is 19.3 Å². The molecular weight excluding hydrogens is 463 g/mol. The number of hydrogen-bond acceptors (Lipinski definition) is 6. The summed E-state index contributed by atoms with van der Waals surface area (Å²) >= 11 is 0. The lowest BCUT2D eigenvalue weighted by Gasteiger charge is -2.47. The minimum absolute atomic E-state index is 0.113. The molecule has 1 aromatic carbocycles. The lowest BCUT2D eigenvalue weighted by Crippen LogP contribution is -2.63. The van der Waals surface area contributed by atoms with Crippen LogP contribution in [0.5, 0.6) is 0 Å². The van der Waals surface area contributed by atoms with E-state index in [-0.39, 0.29) is 25.4 Å². The van der Waals surface area contributed by atoms with Gasteiger partial charge in [0.2, 0.25) is 12.3 Å². The fourth-order valence-electron chi connectivity index (χ4n) is 5.51. The number of nitrogens with one attached hydrogen (secondary N) is 1. The molecule has 0 aliphatic carbocycles. The fraction of sp³-hybridized carbons (Fsp3) is 0.679. The van der Waals surface area contributed by atoms with Crippen molar-refractivity contribution in [3.8, 4) is 0 Å². The quantitative estimate of drug-likeness (QED) is 0.285. The van der Waals surface area contributed by atoms with Crippen LogP contribution >= 0.6 is 0 Å². The Balaban J connectivity index is 2.64. The molecule has 1 heterocycles. The summed E-state index contributed by atoms with van der Waals surface area (Å²) in [5.74, 6) is -2.02. The molecule has 202 valence electrons. The molecule has 2 rings (SSSR count). The summed E-state index contributed by atoms with van der Waals surface area (Å²) in [4.78, 5) is 40.9. The van der Waals surface area contributed by atoms with Gasteiger partial charge in [0.05, 0.1) is 18.1 Å². The summed E-state index contributed by atoms with van der Waals surface area (Å²) in [6.07, 6.45) is 2.35. The molecule has 1 aliphatic heterocycles. The van der Waals surface area contributed by atoms with Crippen molar-refractivity contribution in [1.82, 2.24) is 10.2 Å². The first-order valence-electron chi connectivity index (χ1n) is 13.3. The van der Waals surface area contributed by atoms with Crippen molar-refractivity contribution in [2.24, 2.45) is 5.92 Å². The standard InChI is InChI=1S/C28H43FN2O5/c1-6-9-13-17-28(20(4)30-21(5)32)23(26(33)35-8-3)18-24(27(34)36-25(29)14-7-2)31(28)19-22-15-11-10-12-16-22/h10-12,15-16,20,23-25H,6-9,13-14,17-19H2,1-5H3,(H,30,32)/t20?,23-,24+,25?,28-/m0/s1. The smallest absolute Gasteiger partial charge is 0.325 e. The highest BCUT2D eigenvalue weighted by atomic mass is 19.1. The van der Waals surface area contributed by atoms with Gasteiger partial charge in [0.25, 0.3) is 0 Å². The van der Waals surface area contributed by atoms with E-state index >= 15 is 0 Å². The van der Waals surface area contributed by atoms with Gasteiger partial charge >= 0.3 is 11.9 Å². The van der Waals surface area contributed by atoms with Crippen molar-refractivity contribution in [2.75, 3.05) is 6.61 Å². The van der Waals surface area contributed by atoms with Crippen LogP contribution in [0.2, 0.25) is 0 Å². The number of amides is 1. The first kappa shape index (κ1) is 29.7. The Morgan fingerprint density at radius 1 is 1.11 bits per heavy atom. The van der Waals surface area contributed by atoms with E-state index in [1.54, 1.807) is 6.92 Å². The lowest BCUT2D eigenvalue weighted by molar-refractivity contribution is -0.166. The van der Waals surface area contributed by atoms with Crippen molar-refractivity contribution in [2.45, 2.75) is 110 Å². The number of benzene rings is 1. The highest BCUT2D eigenvalue weighted by molar-refractivity contribution is 5.82. The van der Waals surface area contributed by atoms with Gasteiger partial charge in [0, 0.05) is 25.9 Å². The predicted molar refractivity (Wildman–Crippen MR) is 137 cm³/mol. The Kier molecular flexibility index (Phi) is 11.8. The Morgan fingerprint density at radius 3 is 2.39 bits per heavy atom. The lowest BCUT2D eigenvalue weighted by atomic mass is 9.74. The molecule has 1 saturated heterocycles. The molecule has 0 bridgehead atoms. The second kappa shape index (κ2) is 14.3. The minimum atomic E-state index is -1.70. The normalized spacial score (nSPS) is 23.6. The molecule has 1 fully saturated rings. The Bertz CT molecular complexity index is 852. The van der Waals surface area contributed by atoms with Crippen LogP contribution in [0.15, 0.2) is 30.3 Å². The van der Waals surface area contributed by atoms with Gasteiger partial charge < -0.3 is 14.8 Å². The summed E-state index contributed by atoms with van der Waals surface area (Å²) in [7, 11) is 0. The minimum Gasteiger partial charge on any atom is -0.466 e. The van der Waals surface area contributed by atoms with E-state index in [4.69, 9.17) is 9.47 Å². The second-order valence-electron chi connectivity index (χ2n) is 9.68. The number of rotatable bonds is 14. The molecular formula is C28H43FN2O5. The number of unbranched alkanes of at least 4 members (excludes halogenated alkanes) is 2. The van der Waals surface area contributed by atoms with Gasteiger partial charge in [-0.25, -0.2) is 4.39 Å². The largest absolute Gasteiger partial charge is 0.466 e. The van der Waals surface area contributed by atoms with Crippen LogP contribution in [0.4, 0.5) is 4.39 Å². The zero-order chi connectivity index (χ0) is 26.7. The Morgan fingerprint density at radius 2 is 1.81 bits per heavy atom. The van der Waals surface area contributed by atoms with Crippen molar-refractivity contribution in [3.05, 3.63) is 35.9 Å². The molecule has 1 aromatic rings. The van der Waals surface area contributed by atoms with E-state index in [9.17, 15) is 18.8 Å². The van der Waals surface area contributed by atoms with Gasteiger partial charge in [-0.1, -0.05) is 63.4 Å². The maximum atomic E-state index is 14.4. The second-order valence-corrected chi connectivity index (χ2v) is 9.68. The number of halogens is 1. The number of hydrogen-bond donors (Lipinski definition) is 1. The van der Waals surface area contributed by atoms with Crippen molar-refractivity contribution in [3.63, 3.8) is 0 Å². The molecule has 1 amide bonds. The van der Waals surface area contributed by atoms with Crippen molar-refractivity contribution < 1.29 is 28.2 Å². The van der Waals surface area contributed by atoms with E-state index in [2.05, 4.69) is 12.2 Å². The molecule has 36 heavy (non-hydrogen) atoms. The molecule has 0 saturated carbocycles. The Labute approximate surface area is 215 Å². The maximum absolute atomic E-state index is 14.4. The summed E-state index contributed by atoms with van der Waals surface area (Å²) in [5, 5.41) is 3.00. The number of ether oxygens (including phenoxy) is 2. The summed E-state index contributed by atoms with van der Waals surface area (Å²) < 4.78 is 25.1. The van der Waals surface area contributed by atoms with Crippen LogP contribution in [0, 0.1) is 5.92 Å². The van der Waals surface area contributed by atoms with Crippen molar-refractivity contribution in [1.29, 1.82) is 0 Å². The van der Waals surface area contributed by atoms with Gasteiger partial charge in [-0.05, 0) is 38.7 Å². The molecule has 8 heteroatoms. The number of alkyl halides is 1. The summed E-state index contributed by atoms with van der Waals surface area (Å²) in [6.45, 7) is 9.52. The number of nitrogens with zero attached hydrogens (tertiary/aromatic N) is 1. The monoisotopic (exact) mass is 506 g/mol. The van der Waals surface area contributed by atoms with Crippen LogP contribution in [0.1, 0.15) is 85.1 Å². The zero-order valence-corrected chi connectivity index (χ0v) is 22.4. The molecule has 7 nitrogen and oxygen atoms in total. The maximum Gasteiger partial charge on any atom is 0.325 e. The molecule has 1 aliphatic rings. The van der Waals surface area contributed by atoms with Crippen LogP contribution in [-0.4, -0.2) is 53.3 Å². The highest BCUT2D eigenvalue weighted by Gasteiger charge is 2.61. The third-order valence-corrected chi connectivity index (χ3v) is 7.12. The average Bonchev–Trinajstić information content (AvgIpc) is 3.15. The van der Waals surface area contributed by atoms with Gasteiger partial charge in [0.1, 0.15) is 6.04 Å². The average molecular weight is 507 g/mol. The van der Waals surface area contributed by atoms with Crippen LogP contribution in [0.25, 0.3) is 0 Å². The third-order valence-electron chi connectivity index (χ3n) is 7.12. The topological polar surface area (TPSA) is 84.9 Å². The van der Waals surface area contributed by atoms with Gasteiger partial charge in [-0.2, -0.15) is 0 Å². The third kappa shape index (κ3) is 7.28. The number of carbonyl (C=O) groups is 3. The number of likely N-dealkylation sites (tertiary alicyclic amines) is 1. The van der Waals surface area contributed by atoms with E-state index in [0.717, 1.165) is 24.8 Å². The zero-order valence-electron chi connectivity index (χ0n) is 22.4. The number of esters is 2. The molecule has 1 N–H and O–H groups in total. The first-order valence-corrected chi connectivity index (χ1v) is 13.3. The molecule has 0 spiro atoms. The van der Waals surface area contributed by atoms with Gasteiger partial charge in [-0.15, -0.1) is 0 Å². The summed E-state index contributed by atoms with van der Waals surface area (Å²) in [5.41, 5.74) is 0.0310. The SMILES string of the molecule is CCCCC[C@]1(C(C)NC(C)=O)[C@H](C(=O)OCC)C[C@H](C(=O)OC(F)CCC)N1Cc1ccccc1. The number of carbonyl (C=O) groups excluding carboxylic acids is 3. The first-order chi connectivity index (χ1) is 17.2. The van der Waals surface area contributed by atoms with Crippen LogP contribution in [0.3, 0.4) is 0 Å². The molecule has 5 atom stereocenters. The summed E-state index contributed by atoms with van der Waals surface area (Å²) in [6, 6.07) is 8.32. The molecule has 0 radical (unpaired) electrons. The van der Waals surface area contributed by atoms with Crippen LogP contribution in [-0.2, 0) is 30.4 Å². The van der Waals surface area contributed by atoms with Crippen molar-refractivity contribution >= 4 is 17.8 Å². The van der Waals surface area contributed by atoms with E-state index in [0.29, 0.717) is 19.4 Å². The Hall–Kier alpha value is -2.48. The molecule has 0 aromatic heterocycles. The van der Waals surface area contributed by atoms with E-state index in [1.807, 2.05) is 49.1 Å². The van der Waals surface area contributed by atoms with Crippen LogP contribution < -0.4 is 5.32 Å². The fourth-order valence-corrected chi connectivity index (χ4v) is 5.51. The van der Waals surface area contributed by atoms with Gasteiger partial charge in [0.15, 0.2) is 0 Å². The van der Waals surface area contributed by atoms with E-state index in [1.165, 1.54) is 6.92 Å². The van der Waals surface area contributed by atoms with E-state index < -0.39 is 41.8 Å².